The summed E-state index contributed by atoms with van der Waals surface area (Å²) in [5, 5.41) is 2.57. The summed E-state index contributed by atoms with van der Waals surface area (Å²) in [6, 6.07) is 4.70. The summed E-state index contributed by atoms with van der Waals surface area (Å²) in [5.74, 6) is -1.58. The molecule has 0 aliphatic carbocycles. The van der Waals surface area contributed by atoms with Crippen molar-refractivity contribution in [3.8, 4) is 0 Å². The number of nitrogens with zero attached hydrogens (tertiary/aromatic N) is 2. The van der Waals surface area contributed by atoms with Crippen molar-refractivity contribution in [2.24, 2.45) is 7.05 Å². The molecule has 1 aliphatic rings. The van der Waals surface area contributed by atoms with Crippen LogP contribution < -0.4 is 15.6 Å². The molecule has 2 amide bonds. The largest absolute Gasteiger partial charge is 0.354 e. The molecule has 1 N–H and O–H groups in total. The van der Waals surface area contributed by atoms with E-state index < -0.39 is 23.2 Å². The standard InChI is InChI=1S/C18H17ClFN3O3/c1-10-7-16(24)12(9-22(10)2)17(25)21-15-5-6-23(18(15)26)11-3-4-13(19)14(20)8-11/h3-4,7-9,15H,5-6H2,1-2H3,(H,21,25)/t15-/m0/s1. The number of amides is 2. The molecule has 1 aliphatic heterocycles. The Morgan fingerprint density at radius 1 is 1.31 bits per heavy atom. The van der Waals surface area contributed by atoms with Crippen LogP contribution in [0.4, 0.5) is 10.1 Å². The van der Waals surface area contributed by atoms with Crippen LogP contribution in [-0.2, 0) is 11.8 Å². The Kier molecular flexibility index (Phi) is 4.82. The van der Waals surface area contributed by atoms with E-state index in [1.165, 1.54) is 29.3 Å². The highest BCUT2D eigenvalue weighted by molar-refractivity contribution is 6.30. The molecule has 2 aromatic rings. The van der Waals surface area contributed by atoms with Crippen LogP contribution in [0.2, 0.25) is 5.02 Å². The van der Waals surface area contributed by atoms with Crippen molar-refractivity contribution in [1.82, 2.24) is 9.88 Å². The fraction of sp³-hybridized carbons (Fsp3) is 0.278. The van der Waals surface area contributed by atoms with Crippen molar-refractivity contribution in [2.45, 2.75) is 19.4 Å². The number of hydrogen-bond donors (Lipinski definition) is 1. The lowest BCUT2D eigenvalue weighted by atomic mass is 10.2. The number of rotatable bonds is 3. The number of benzene rings is 1. The van der Waals surface area contributed by atoms with Crippen molar-refractivity contribution < 1.29 is 14.0 Å². The van der Waals surface area contributed by atoms with Crippen LogP contribution in [-0.4, -0.2) is 29.0 Å². The van der Waals surface area contributed by atoms with Gasteiger partial charge in [-0.2, -0.15) is 0 Å². The Hall–Kier alpha value is -2.67. The number of nitrogens with one attached hydrogen (secondary N) is 1. The lowest BCUT2D eigenvalue weighted by molar-refractivity contribution is -0.118. The molecule has 1 aromatic heterocycles. The SMILES string of the molecule is Cc1cc(=O)c(C(=O)N[C@H]2CCN(c3ccc(Cl)c(F)c3)C2=O)cn1C. The molecule has 0 spiro atoms. The van der Waals surface area contributed by atoms with E-state index in [0.717, 1.165) is 5.69 Å². The predicted octanol–water partition coefficient (Wildman–Crippen LogP) is 2.02. The number of aryl methyl sites for hydroxylation is 2. The van der Waals surface area contributed by atoms with Crippen LogP contribution in [0.3, 0.4) is 0 Å². The molecular formula is C18H17ClFN3O3. The predicted molar refractivity (Wildman–Crippen MR) is 96.1 cm³/mol. The maximum Gasteiger partial charge on any atom is 0.257 e. The van der Waals surface area contributed by atoms with Gasteiger partial charge in [-0.25, -0.2) is 4.39 Å². The maximum atomic E-state index is 13.6. The van der Waals surface area contributed by atoms with Gasteiger partial charge in [0.05, 0.1) is 5.02 Å². The number of carbonyl (C=O) groups excluding carboxylic acids is 2. The van der Waals surface area contributed by atoms with Gasteiger partial charge in [-0.1, -0.05) is 11.6 Å². The molecule has 1 fully saturated rings. The quantitative estimate of drug-likeness (QED) is 0.889. The summed E-state index contributed by atoms with van der Waals surface area (Å²) >= 11 is 5.66. The molecule has 6 nitrogen and oxygen atoms in total. The minimum atomic E-state index is -0.771. The van der Waals surface area contributed by atoms with Gasteiger partial charge in [-0.05, 0) is 31.5 Å². The van der Waals surface area contributed by atoms with Gasteiger partial charge >= 0.3 is 0 Å². The Morgan fingerprint density at radius 3 is 2.73 bits per heavy atom. The first kappa shape index (κ1) is 18.1. The average molecular weight is 378 g/mol. The second-order valence-corrected chi connectivity index (χ2v) is 6.61. The lowest BCUT2D eigenvalue weighted by Crippen LogP contribution is -2.43. The van der Waals surface area contributed by atoms with Crippen molar-refractivity contribution in [2.75, 3.05) is 11.4 Å². The van der Waals surface area contributed by atoms with Crippen LogP contribution in [0.25, 0.3) is 0 Å². The van der Waals surface area contributed by atoms with Gasteiger partial charge < -0.3 is 14.8 Å². The highest BCUT2D eigenvalue weighted by Gasteiger charge is 2.34. The molecule has 136 valence electrons. The van der Waals surface area contributed by atoms with Gasteiger partial charge in [0.25, 0.3) is 5.91 Å². The van der Waals surface area contributed by atoms with Gasteiger partial charge in [-0.3, -0.25) is 14.4 Å². The highest BCUT2D eigenvalue weighted by atomic mass is 35.5. The summed E-state index contributed by atoms with van der Waals surface area (Å²) in [6.07, 6.45) is 1.81. The zero-order valence-electron chi connectivity index (χ0n) is 14.3. The van der Waals surface area contributed by atoms with Crippen LogP contribution in [0, 0.1) is 12.7 Å². The molecule has 0 bridgehead atoms. The van der Waals surface area contributed by atoms with Gasteiger partial charge in [0.2, 0.25) is 5.91 Å². The summed E-state index contributed by atoms with van der Waals surface area (Å²) in [5.41, 5.74) is 0.668. The van der Waals surface area contributed by atoms with Crippen LogP contribution in [0.1, 0.15) is 22.5 Å². The monoisotopic (exact) mass is 377 g/mol. The van der Waals surface area contributed by atoms with Crippen LogP contribution in [0.5, 0.6) is 0 Å². The van der Waals surface area contributed by atoms with Crippen molar-refractivity contribution in [1.29, 1.82) is 0 Å². The third kappa shape index (κ3) is 3.35. The molecule has 8 heteroatoms. The molecule has 2 heterocycles. The summed E-state index contributed by atoms with van der Waals surface area (Å²) in [4.78, 5) is 38.4. The second kappa shape index (κ2) is 6.92. The second-order valence-electron chi connectivity index (χ2n) is 6.21. The Balaban J connectivity index is 1.76. The van der Waals surface area contributed by atoms with E-state index in [2.05, 4.69) is 5.32 Å². The molecule has 0 radical (unpaired) electrons. The smallest absolute Gasteiger partial charge is 0.257 e. The number of aromatic nitrogens is 1. The number of halogens is 2. The number of carbonyl (C=O) groups is 2. The zero-order chi connectivity index (χ0) is 19.0. The molecule has 26 heavy (non-hydrogen) atoms. The van der Waals surface area contributed by atoms with E-state index in [9.17, 15) is 18.8 Å². The fourth-order valence-electron chi connectivity index (χ4n) is 2.86. The fourth-order valence-corrected chi connectivity index (χ4v) is 2.98. The number of anilines is 1. The molecular weight excluding hydrogens is 361 g/mol. The van der Waals surface area contributed by atoms with Crippen molar-refractivity contribution in [3.05, 3.63) is 62.8 Å². The molecule has 0 saturated carbocycles. The molecule has 3 rings (SSSR count). The highest BCUT2D eigenvalue weighted by Crippen LogP contribution is 2.25. The Morgan fingerprint density at radius 2 is 2.04 bits per heavy atom. The van der Waals surface area contributed by atoms with E-state index in [0.29, 0.717) is 18.7 Å². The minimum Gasteiger partial charge on any atom is -0.354 e. The summed E-state index contributed by atoms with van der Waals surface area (Å²) in [7, 11) is 1.73. The molecule has 0 unspecified atom stereocenters. The van der Waals surface area contributed by atoms with E-state index in [1.807, 2.05) is 0 Å². The van der Waals surface area contributed by atoms with Gasteiger partial charge in [0.1, 0.15) is 17.4 Å². The Labute approximate surface area is 154 Å². The van der Waals surface area contributed by atoms with Gasteiger partial charge in [-0.15, -0.1) is 0 Å². The van der Waals surface area contributed by atoms with Gasteiger partial charge in [0, 0.05) is 37.2 Å². The van der Waals surface area contributed by atoms with Crippen LogP contribution >= 0.6 is 11.6 Å². The maximum absolute atomic E-state index is 13.6. The van der Waals surface area contributed by atoms with Crippen LogP contribution in [0.15, 0.2) is 35.3 Å². The number of hydrogen-bond acceptors (Lipinski definition) is 3. The third-order valence-electron chi connectivity index (χ3n) is 4.45. The number of pyridine rings is 1. The minimum absolute atomic E-state index is 0.0260. The van der Waals surface area contributed by atoms with Crippen molar-refractivity contribution in [3.63, 3.8) is 0 Å². The molecule has 1 aromatic carbocycles. The van der Waals surface area contributed by atoms with E-state index in [-0.39, 0.29) is 16.5 Å². The van der Waals surface area contributed by atoms with E-state index in [1.54, 1.807) is 24.6 Å². The average Bonchev–Trinajstić information content (AvgIpc) is 2.94. The van der Waals surface area contributed by atoms with Gasteiger partial charge in [0.15, 0.2) is 5.43 Å². The van der Waals surface area contributed by atoms with E-state index >= 15 is 0 Å². The topological polar surface area (TPSA) is 71.4 Å². The first-order valence-electron chi connectivity index (χ1n) is 8.02. The third-order valence-corrected chi connectivity index (χ3v) is 4.76. The molecule has 1 atom stereocenters. The zero-order valence-corrected chi connectivity index (χ0v) is 15.0. The summed E-state index contributed by atoms with van der Waals surface area (Å²) < 4.78 is 15.3. The molecule has 1 saturated heterocycles. The lowest BCUT2D eigenvalue weighted by Gasteiger charge is -2.17. The first-order chi connectivity index (χ1) is 12.3. The normalized spacial score (nSPS) is 16.8. The first-order valence-corrected chi connectivity index (χ1v) is 8.40. The Bertz CT molecular complexity index is 957. The van der Waals surface area contributed by atoms with Crippen molar-refractivity contribution >= 4 is 29.1 Å². The summed E-state index contributed by atoms with van der Waals surface area (Å²) in [6.45, 7) is 2.09. The van der Waals surface area contributed by atoms with E-state index in [4.69, 9.17) is 11.6 Å².